The second kappa shape index (κ2) is 8.57. The van der Waals surface area contributed by atoms with E-state index in [9.17, 15) is 9.59 Å². The second-order valence-electron chi connectivity index (χ2n) is 6.50. The van der Waals surface area contributed by atoms with Gasteiger partial charge in [0.15, 0.2) is 6.10 Å². The first-order chi connectivity index (χ1) is 13.5. The van der Waals surface area contributed by atoms with Crippen LogP contribution >= 0.6 is 0 Å². The molecule has 3 rings (SSSR count). The van der Waals surface area contributed by atoms with Crippen LogP contribution in [0.4, 0.5) is 5.69 Å². The van der Waals surface area contributed by atoms with E-state index in [-0.39, 0.29) is 5.91 Å². The average molecular weight is 377 g/mol. The molecule has 0 spiro atoms. The zero-order valence-corrected chi connectivity index (χ0v) is 16.2. The minimum atomic E-state index is -0.660. The molecule has 0 radical (unpaired) electrons. The smallest absolute Gasteiger partial charge is 0.337 e. The number of hydrogen-bond donors (Lipinski definition) is 1. The Bertz CT molecular complexity index is 1010. The summed E-state index contributed by atoms with van der Waals surface area (Å²) in [5.41, 5.74) is 1.79. The first-order valence-corrected chi connectivity index (χ1v) is 9.17. The third kappa shape index (κ3) is 4.14. The number of amides is 1. The van der Waals surface area contributed by atoms with Gasteiger partial charge < -0.3 is 14.8 Å². The van der Waals surface area contributed by atoms with Crippen LogP contribution in [0.3, 0.4) is 0 Å². The topological polar surface area (TPSA) is 64.6 Å². The summed E-state index contributed by atoms with van der Waals surface area (Å²) in [6.07, 6.45) is -0.155. The Morgan fingerprint density at radius 1 is 1.04 bits per heavy atom. The van der Waals surface area contributed by atoms with Crippen molar-refractivity contribution < 1.29 is 19.1 Å². The fourth-order valence-corrected chi connectivity index (χ4v) is 2.99. The molecule has 1 atom stereocenters. The lowest BCUT2D eigenvalue weighted by Crippen LogP contribution is -2.32. The van der Waals surface area contributed by atoms with Crippen LogP contribution in [-0.2, 0) is 9.53 Å². The van der Waals surface area contributed by atoms with Gasteiger partial charge in [-0.2, -0.15) is 0 Å². The fraction of sp³-hybridized carbons (Fsp3) is 0.217. The van der Waals surface area contributed by atoms with Crippen LogP contribution in [0.2, 0.25) is 0 Å². The highest BCUT2D eigenvalue weighted by Gasteiger charge is 2.20. The molecule has 0 bridgehead atoms. The lowest BCUT2D eigenvalue weighted by molar-refractivity contribution is -0.122. The van der Waals surface area contributed by atoms with Crippen LogP contribution in [0.5, 0.6) is 5.75 Å². The summed E-state index contributed by atoms with van der Waals surface area (Å²) >= 11 is 0. The highest BCUT2D eigenvalue weighted by Crippen LogP contribution is 2.27. The Morgan fingerprint density at radius 2 is 1.79 bits per heavy atom. The lowest BCUT2D eigenvalue weighted by atomic mass is 10.1. The molecule has 5 nitrogen and oxygen atoms in total. The third-order valence-electron chi connectivity index (χ3n) is 4.60. The van der Waals surface area contributed by atoms with Gasteiger partial charge in [0.1, 0.15) is 5.75 Å². The van der Waals surface area contributed by atoms with Crippen LogP contribution < -0.4 is 10.1 Å². The monoisotopic (exact) mass is 377 g/mol. The summed E-state index contributed by atoms with van der Waals surface area (Å²) in [6.45, 7) is 3.76. The van der Waals surface area contributed by atoms with Gasteiger partial charge in [-0.15, -0.1) is 0 Å². The van der Waals surface area contributed by atoms with Gasteiger partial charge in [-0.1, -0.05) is 49.4 Å². The summed E-state index contributed by atoms with van der Waals surface area (Å²) in [7, 11) is 1.32. The first-order valence-electron chi connectivity index (χ1n) is 9.17. The molecule has 0 saturated carbocycles. The quantitative estimate of drug-likeness (QED) is 0.631. The fourth-order valence-electron chi connectivity index (χ4n) is 2.99. The summed E-state index contributed by atoms with van der Waals surface area (Å²) < 4.78 is 10.8. The predicted molar refractivity (Wildman–Crippen MR) is 110 cm³/mol. The maximum absolute atomic E-state index is 12.8. The summed E-state index contributed by atoms with van der Waals surface area (Å²) in [6, 6.07) is 18.7. The standard InChI is InChI=1S/C23H23NO4/c1-4-20(28-21-11-7-9-16-8-5-6-10-18(16)21)22(25)24-19-14-17(23(26)27-3)13-12-15(19)2/h5-14,20H,4H2,1-3H3,(H,24,25)/t20-/m0/s1. The molecule has 0 aliphatic heterocycles. The van der Waals surface area contributed by atoms with E-state index in [1.54, 1.807) is 18.2 Å². The molecule has 28 heavy (non-hydrogen) atoms. The van der Waals surface area contributed by atoms with Crippen LogP contribution in [0, 0.1) is 6.92 Å². The summed E-state index contributed by atoms with van der Waals surface area (Å²) in [5, 5.41) is 4.89. The number of ether oxygens (including phenoxy) is 2. The van der Waals surface area contributed by atoms with Gasteiger partial charge in [-0.05, 0) is 42.5 Å². The van der Waals surface area contributed by atoms with E-state index >= 15 is 0 Å². The second-order valence-corrected chi connectivity index (χ2v) is 6.50. The van der Waals surface area contributed by atoms with Crippen molar-refractivity contribution in [2.45, 2.75) is 26.4 Å². The lowest BCUT2D eigenvalue weighted by Gasteiger charge is -2.19. The average Bonchev–Trinajstić information content (AvgIpc) is 2.72. The number of hydrogen-bond acceptors (Lipinski definition) is 4. The number of nitrogens with one attached hydrogen (secondary N) is 1. The number of benzene rings is 3. The van der Waals surface area contributed by atoms with Gasteiger partial charge in [-0.25, -0.2) is 4.79 Å². The maximum atomic E-state index is 12.8. The van der Waals surface area contributed by atoms with Crippen LogP contribution in [0.25, 0.3) is 10.8 Å². The van der Waals surface area contributed by atoms with Crippen LogP contribution in [-0.4, -0.2) is 25.1 Å². The molecule has 0 unspecified atom stereocenters. The van der Waals surface area contributed by atoms with Gasteiger partial charge in [0, 0.05) is 11.1 Å². The highest BCUT2D eigenvalue weighted by atomic mass is 16.5. The minimum absolute atomic E-state index is 0.263. The number of rotatable bonds is 6. The molecule has 0 fully saturated rings. The molecule has 3 aromatic rings. The van der Waals surface area contributed by atoms with Crippen LogP contribution in [0.1, 0.15) is 29.3 Å². The summed E-state index contributed by atoms with van der Waals surface area (Å²) in [5.74, 6) is -0.0461. The van der Waals surface area contributed by atoms with Crippen molar-refractivity contribution >= 4 is 28.3 Å². The Labute approximate surface area is 164 Å². The molecule has 0 saturated heterocycles. The minimum Gasteiger partial charge on any atom is -0.480 e. The van der Waals surface area contributed by atoms with E-state index in [0.717, 1.165) is 16.3 Å². The van der Waals surface area contributed by atoms with E-state index in [4.69, 9.17) is 9.47 Å². The molecule has 0 aromatic heterocycles. The number of fused-ring (bicyclic) bond motifs is 1. The molecule has 0 aliphatic rings. The molecule has 0 heterocycles. The van der Waals surface area contributed by atoms with E-state index in [0.29, 0.717) is 23.4 Å². The van der Waals surface area contributed by atoms with Gasteiger partial charge in [0.2, 0.25) is 0 Å². The SMILES string of the molecule is CC[C@H](Oc1cccc2ccccc12)C(=O)Nc1cc(C(=O)OC)ccc1C. The predicted octanol–water partition coefficient (Wildman–Crippen LogP) is 4.73. The molecule has 1 amide bonds. The van der Waals surface area contributed by atoms with Gasteiger partial charge in [0.25, 0.3) is 5.91 Å². The number of methoxy groups -OCH3 is 1. The Kier molecular flexibility index (Phi) is 5.94. The Morgan fingerprint density at radius 3 is 2.54 bits per heavy atom. The normalized spacial score (nSPS) is 11.7. The number of carbonyl (C=O) groups excluding carboxylic acids is 2. The highest BCUT2D eigenvalue weighted by molar-refractivity contribution is 5.97. The number of aryl methyl sites for hydroxylation is 1. The van der Waals surface area contributed by atoms with Crippen molar-refractivity contribution in [1.82, 2.24) is 0 Å². The number of esters is 1. The number of carbonyl (C=O) groups is 2. The molecular weight excluding hydrogens is 354 g/mol. The van der Waals surface area contributed by atoms with Crippen molar-refractivity contribution in [2.75, 3.05) is 12.4 Å². The van der Waals surface area contributed by atoms with Crippen molar-refractivity contribution in [3.05, 3.63) is 71.8 Å². The Balaban J connectivity index is 1.82. The molecule has 144 valence electrons. The van der Waals surface area contributed by atoms with Gasteiger partial charge in [-0.3, -0.25) is 4.79 Å². The van der Waals surface area contributed by atoms with Crippen molar-refractivity contribution in [3.63, 3.8) is 0 Å². The van der Waals surface area contributed by atoms with E-state index < -0.39 is 12.1 Å². The molecule has 5 heteroatoms. The zero-order valence-electron chi connectivity index (χ0n) is 16.2. The van der Waals surface area contributed by atoms with E-state index in [2.05, 4.69) is 5.32 Å². The molecule has 3 aromatic carbocycles. The van der Waals surface area contributed by atoms with Crippen molar-refractivity contribution in [1.29, 1.82) is 0 Å². The summed E-state index contributed by atoms with van der Waals surface area (Å²) in [4.78, 5) is 24.6. The largest absolute Gasteiger partial charge is 0.480 e. The van der Waals surface area contributed by atoms with Crippen molar-refractivity contribution in [2.24, 2.45) is 0 Å². The first kappa shape index (κ1) is 19.4. The Hall–Kier alpha value is -3.34. The molecule has 1 N–H and O–H groups in total. The number of anilines is 1. The molecule has 0 aliphatic carbocycles. The molecular formula is C23H23NO4. The van der Waals surface area contributed by atoms with Crippen LogP contribution in [0.15, 0.2) is 60.7 Å². The van der Waals surface area contributed by atoms with Crippen molar-refractivity contribution in [3.8, 4) is 5.75 Å². The zero-order chi connectivity index (χ0) is 20.1. The maximum Gasteiger partial charge on any atom is 0.337 e. The van der Waals surface area contributed by atoms with E-state index in [1.165, 1.54) is 7.11 Å². The van der Waals surface area contributed by atoms with Gasteiger partial charge >= 0.3 is 5.97 Å². The van der Waals surface area contributed by atoms with Gasteiger partial charge in [0.05, 0.1) is 12.7 Å². The van der Waals surface area contributed by atoms with E-state index in [1.807, 2.05) is 56.3 Å². The third-order valence-corrected chi connectivity index (χ3v) is 4.60.